The molecule has 5 heteroatoms. The maximum atomic E-state index is 5.88. The zero-order chi connectivity index (χ0) is 13.5. The second kappa shape index (κ2) is 7.16. The van der Waals surface area contributed by atoms with Crippen molar-refractivity contribution in [2.45, 2.75) is 5.16 Å². The largest absolute Gasteiger partial charge is 0.473 e. The van der Waals surface area contributed by atoms with Gasteiger partial charge < -0.3 is 4.74 Å². The molecule has 1 heterocycles. The van der Waals surface area contributed by atoms with Crippen LogP contribution in [0.4, 0.5) is 0 Å². The second-order valence-electron chi connectivity index (χ2n) is 3.64. The number of hydrogen-bond acceptors (Lipinski definition) is 4. The minimum atomic E-state index is 0.390. The quantitative estimate of drug-likeness (QED) is 0.475. The zero-order valence-corrected chi connectivity index (χ0v) is 12.0. The van der Waals surface area contributed by atoms with Gasteiger partial charge in [0.2, 0.25) is 5.88 Å². The van der Waals surface area contributed by atoms with Crippen molar-refractivity contribution in [3.05, 3.63) is 53.2 Å². The Labute approximate surface area is 121 Å². The molecule has 0 unspecified atom stereocenters. The number of ether oxygens (including phenoxy) is 1. The smallest absolute Gasteiger partial charge is 0.219 e. The Kier molecular flexibility index (Phi) is 5.24. The third kappa shape index (κ3) is 4.58. The van der Waals surface area contributed by atoms with E-state index < -0.39 is 0 Å². The highest BCUT2D eigenvalue weighted by Crippen LogP contribution is 2.18. The monoisotopic (exact) mass is 292 g/mol. The summed E-state index contributed by atoms with van der Waals surface area (Å²) in [5, 5.41) is 0.996. The molecule has 0 N–H and O–H groups in total. The van der Waals surface area contributed by atoms with Crippen molar-refractivity contribution in [3.63, 3.8) is 0 Å². The molecule has 19 heavy (non-hydrogen) atoms. The molecule has 3 nitrogen and oxygen atoms in total. The van der Waals surface area contributed by atoms with Gasteiger partial charge in [-0.1, -0.05) is 59.8 Å². The average Bonchev–Trinajstić information content (AvgIpc) is 2.44. The highest BCUT2D eigenvalue weighted by atomic mass is 35.5. The fraction of sp³-hybridized carbons (Fsp3) is 0.143. The number of rotatable bonds is 5. The van der Waals surface area contributed by atoms with Gasteiger partial charge in [0, 0.05) is 6.07 Å². The first-order valence-corrected chi connectivity index (χ1v) is 7.31. The molecule has 2 rings (SSSR count). The van der Waals surface area contributed by atoms with Crippen molar-refractivity contribution in [2.75, 3.05) is 12.9 Å². The maximum absolute atomic E-state index is 5.88. The molecule has 98 valence electrons. The van der Waals surface area contributed by atoms with Gasteiger partial charge in [-0.3, -0.25) is 0 Å². The predicted molar refractivity (Wildman–Crippen MR) is 79.8 cm³/mol. The van der Waals surface area contributed by atoms with Crippen LogP contribution in [0.1, 0.15) is 5.56 Å². The molecule has 0 amide bonds. The molecule has 0 atom stereocenters. The predicted octanol–water partition coefficient (Wildman–Crippen LogP) is 3.94. The van der Waals surface area contributed by atoms with Crippen LogP contribution in [0.2, 0.25) is 5.15 Å². The summed E-state index contributed by atoms with van der Waals surface area (Å²) in [6.07, 6.45) is 5.83. The van der Waals surface area contributed by atoms with Gasteiger partial charge in [-0.2, -0.15) is 4.98 Å². The van der Waals surface area contributed by atoms with Gasteiger partial charge in [0.25, 0.3) is 0 Å². The minimum absolute atomic E-state index is 0.390. The summed E-state index contributed by atoms with van der Waals surface area (Å²) in [6.45, 7) is 0.441. The van der Waals surface area contributed by atoms with E-state index in [1.54, 1.807) is 6.07 Å². The highest BCUT2D eigenvalue weighted by molar-refractivity contribution is 7.98. The van der Waals surface area contributed by atoms with Crippen LogP contribution >= 0.6 is 23.4 Å². The van der Waals surface area contributed by atoms with E-state index in [0.717, 1.165) is 5.56 Å². The van der Waals surface area contributed by atoms with Crippen molar-refractivity contribution in [2.24, 2.45) is 0 Å². The molecule has 2 aromatic rings. The van der Waals surface area contributed by atoms with Gasteiger partial charge >= 0.3 is 0 Å². The molecule has 0 aliphatic heterocycles. The number of benzene rings is 1. The molecule has 1 aromatic carbocycles. The molecule has 0 aliphatic carbocycles. The summed E-state index contributed by atoms with van der Waals surface area (Å²) in [4.78, 5) is 8.26. The second-order valence-corrected chi connectivity index (χ2v) is 4.80. The summed E-state index contributed by atoms with van der Waals surface area (Å²) in [7, 11) is 0. The topological polar surface area (TPSA) is 35.0 Å². The third-order valence-electron chi connectivity index (χ3n) is 2.27. The van der Waals surface area contributed by atoms with Crippen molar-refractivity contribution < 1.29 is 4.74 Å². The van der Waals surface area contributed by atoms with Crippen LogP contribution in [0.15, 0.2) is 47.6 Å². The van der Waals surface area contributed by atoms with Crippen LogP contribution in [0.3, 0.4) is 0 Å². The van der Waals surface area contributed by atoms with Crippen molar-refractivity contribution >= 4 is 29.4 Å². The maximum Gasteiger partial charge on any atom is 0.219 e. The Morgan fingerprint density at radius 1 is 1.26 bits per heavy atom. The van der Waals surface area contributed by atoms with E-state index in [1.165, 1.54) is 11.8 Å². The first-order chi connectivity index (χ1) is 9.28. The molecule has 0 aliphatic rings. The number of nitrogens with zero attached hydrogens (tertiary/aromatic N) is 2. The minimum Gasteiger partial charge on any atom is -0.473 e. The number of aromatic nitrogens is 2. The van der Waals surface area contributed by atoms with Gasteiger partial charge in [0.1, 0.15) is 11.8 Å². The van der Waals surface area contributed by atoms with Crippen molar-refractivity contribution in [1.82, 2.24) is 9.97 Å². The average molecular weight is 293 g/mol. The normalized spacial score (nSPS) is 10.8. The fourth-order valence-electron chi connectivity index (χ4n) is 1.42. The Hall–Kier alpha value is -1.52. The van der Waals surface area contributed by atoms with E-state index in [0.29, 0.717) is 22.8 Å². The summed E-state index contributed by atoms with van der Waals surface area (Å²) in [5.74, 6) is 0.488. The summed E-state index contributed by atoms with van der Waals surface area (Å²) >= 11 is 7.30. The molecule has 0 saturated carbocycles. The van der Waals surface area contributed by atoms with Crippen molar-refractivity contribution in [3.8, 4) is 5.88 Å². The Morgan fingerprint density at radius 3 is 2.79 bits per heavy atom. The van der Waals surface area contributed by atoms with E-state index in [9.17, 15) is 0 Å². The Balaban J connectivity index is 1.92. The molecular weight excluding hydrogens is 280 g/mol. The lowest BCUT2D eigenvalue weighted by Gasteiger charge is -2.03. The van der Waals surface area contributed by atoms with Gasteiger partial charge in [-0.05, 0) is 17.9 Å². The molecule has 0 fully saturated rings. The van der Waals surface area contributed by atoms with E-state index in [4.69, 9.17) is 16.3 Å². The van der Waals surface area contributed by atoms with Crippen LogP contribution in [0.5, 0.6) is 5.88 Å². The van der Waals surface area contributed by atoms with E-state index >= 15 is 0 Å². The molecular formula is C14H13ClN2OS. The first-order valence-electron chi connectivity index (χ1n) is 5.71. The van der Waals surface area contributed by atoms with Crippen LogP contribution in [0, 0.1) is 0 Å². The highest BCUT2D eigenvalue weighted by Gasteiger charge is 2.02. The number of hydrogen-bond donors (Lipinski definition) is 0. The van der Waals surface area contributed by atoms with Gasteiger partial charge in [0.05, 0.1) is 0 Å². The van der Waals surface area contributed by atoms with Gasteiger partial charge in [-0.15, -0.1) is 0 Å². The zero-order valence-electron chi connectivity index (χ0n) is 10.4. The molecule has 0 saturated heterocycles. The van der Waals surface area contributed by atoms with Gasteiger partial charge in [-0.25, -0.2) is 4.98 Å². The summed E-state index contributed by atoms with van der Waals surface area (Å²) < 4.78 is 5.52. The van der Waals surface area contributed by atoms with E-state index in [-0.39, 0.29) is 0 Å². The molecule has 0 spiro atoms. The van der Waals surface area contributed by atoms with Crippen LogP contribution < -0.4 is 4.74 Å². The first kappa shape index (κ1) is 13.9. The lowest BCUT2D eigenvalue weighted by atomic mass is 10.2. The molecule has 1 aromatic heterocycles. The SMILES string of the molecule is CSc1nc(Cl)cc(OC/C=C/c2ccccc2)n1. The molecule has 0 radical (unpaired) electrons. The van der Waals surface area contributed by atoms with Crippen molar-refractivity contribution in [1.29, 1.82) is 0 Å². The molecule has 0 bridgehead atoms. The fourth-order valence-corrected chi connectivity index (χ4v) is 2.02. The lowest BCUT2D eigenvalue weighted by Crippen LogP contribution is -1.98. The van der Waals surface area contributed by atoms with Crippen LogP contribution in [0.25, 0.3) is 6.08 Å². The van der Waals surface area contributed by atoms with E-state index in [1.807, 2.05) is 48.7 Å². The lowest BCUT2D eigenvalue weighted by molar-refractivity contribution is 0.345. The summed E-state index contributed by atoms with van der Waals surface area (Å²) in [5.41, 5.74) is 1.14. The standard InChI is InChI=1S/C14H13ClN2OS/c1-19-14-16-12(15)10-13(17-14)18-9-5-8-11-6-3-2-4-7-11/h2-8,10H,9H2,1H3/b8-5+. The summed E-state index contributed by atoms with van der Waals surface area (Å²) in [6, 6.07) is 11.6. The third-order valence-corrected chi connectivity index (χ3v) is 3.01. The number of thioether (sulfide) groups is 1. The van der Waals surface area contributed by atoms with Gasteiger partial charge in [0.15, 0.2) is 5.16 Å². The van der Waals surface area contributed by atoms with E-state index in [2.05, 4.69) is 9.97 Å². The van der Waals surface area contributed by atoms with Crippen LogP contribution in [-0.2, 0) is 0 Å². The Morgan fingerprint density at radius 2 is 2.05 bits per heavy atom. The number of halogens is 1. The Bertz CT molecular complexity index is 561. The van der Waals surface area contributed by atoms with Crippen LogP contribution in [-0.4, -0.2) is 22.8 Å².